The van der Waals surface area contributed by atoms with Crippen molar-refractivity contribution in [2.45, 2.75) is 33.2 Å². The number of hydrogen-bond acceptors (Lipinski definition) is 2. The Morgan fingerprint density at radius 2 is 2.15 bits per heavy atom. The van der Waals surface area contributed by atoms with Crippen LogP contribution in [0.4, 0.5) is 4.39 Å². The van der Waals surface area contributed by atoms with Gasteiger partial charge in [0.2, 0.25) is 0 Å². The van der Waals surface area contributed by atoms with E-state index in [1.807, 2.05) is 13.8 Å². The average Bonchev–Trinajstić information content (AvgIpc) is 2.81. The number of nitrogens with one attached hydrogen (secondary N) is 1. The largest absolute Gasteiger partial charge is 0.349 e. The zero-order valence-corrected chi connectivity index (χ0v) is 11.9. The first-order chi connectivity index (χ1) is 9.54. The zero-order chi connectivity index (χ0) is 14.7. The summed E-state index contributed by atoms with van der Waals surface area (Å²) in [6.07, 6.45) is 2.33. The van der Waals surface area contributed by atoms with E-state index in [1.165, 1.54) is 16.9 Å². The first-order valence-corrected chi connectivity index (χ1v) is 6.65. The minimum Gasteiger partial charge on any atom is -0.349 e. The van der Waals surface area contributed by atoms with Gasteiger partial charge in [0.05, 0.1) is 17.5 Å². The number of rotatable bonds is 4. The number of carbonyl (C=O) groups excluding carboxylic acids is 1. The van der Waals surface area contributed by atoms with Gasteiger partial charge in [0.15, 0.2) is 0 Å². The number of carbonyl (C=O) groups is 1. The third kappa shape index (κ3) is 2.71. The lowest BCUT2D eigenvalue weighted by Crippen LogP contribution is -2.32. The molecule has 1 unspecified atom stereocenters. The lowest BCUT2D eigenvalue weighted by molar-refractivity contribution is 0.0938. The number of halogens is 1. The van der Waals surface area contributed by atoms with Gasteiger partial charge in [-0.25, -0.2) is 9.07 Å². The molecule has 1 aromatic heterocycles. The van der Waals surface area contributed by atoms with Gasteiger partial charge >= 0.3 is 0 Å². The van der Waals surface area contributed by atoms with Crippen molar-refractivity contribution in [3.8, 4) is 5.69 Å². The summed E-state index contributed by atoms with van der Waals surface area (Å²) in [6, 6.07) is 6.45. The molecule has 4 nitrogen and oxygen atoms in total. The van der Waals surface area contributed by atoms with E-state index in [0.29, 0.717) is 16.9 Å². The van der Waals surface area contributed by atoms with E-state index >= 15 is 0 Å². The molecule has 0 spiro atoms. The van der Waals surface area contributed by atoms with Crippen LogP contribution in [0.25, 0.3) is 5.69 Å². The van der Waals surface area contributed by atoms with Gasteiger partial charge in [0, 0.05) is 6.04 Å². The summed E-state index contributed by atoms with van der Waals surface area (Å²) in [5.41, 5.74) is 1.43. The molecule has 20 heavy (non-hydrogen) atoms. The Labute approximate surface area is 117 Å². The molecule has 2 aromatic rings. The van der Waals surface area contributed by atoms with Gasteiger partial charge in [0.1, 0.15) is 11.5 Å². The van der Waals surface area contributed by atoms with Crippen LogP contribution in [0.3, 0.4) is 0 Å². The molecule has 0 radical (unpaired) electrons. The fourth-order valence-electron chi connectivity index (χ4n) is 1.90. The fourth-order valence-corrected chi connectivity index (χ4v) is 1.90. The van der Waals surface area contributed by atoms with E-state index in [1.54, 1.807) is 25.1 Å². The highest BCUT2D eigenvalue weighted by Crippen LogP contribution is 2.17. The lowest BCUT2D eigenvalue weighted by Gasteiger charge is -2.11. The van der Waals surface area contributed by atoms with Crippen LogP contribution in [-0.2, 0) is 0 Å². The van der Waals surface area contributed by atoms with Crippen LogP contribution in [0, 0.1) is 12.7 Å². The van der Waals surface area contributed by atoms with Crippen LogP contribution < -0.4 is 5.32 Å². The van der Waals surface area contributed by atoms with E-state index < -0.39 is 0 Å². The van der Waals surface area contributed by atoms with Gasteiger partial charge in [0.25, 0.3) is 5.91 Å². The van der Waals surface area contributed by atoms with Gasteiger partial charge in [-0.05, 0) is 32.4 Å². The molecular weight excluding hydrogens is 257 g/mol. The molecule has 5 heteroatoms. The maximum absolute atomic E-state index is 13.8. The van der Waals surface area contributed by atoms with Gasteiger partial charge in [-0.15, -0.1) is 0 Å². The number of hydrogen-bond donors (Lipinski definition) is 1. The SMILES string of the molecule is CCC(C)NC(=O)c1cnn(-c2ccccc2F)c1C. The molecule has 0 saturated heterocycles. The van der Waals surface area contributed by atoms with Crippen molar-refractivity contribution >= 4 is 5.91 Å². The highest BCUT2D eigenvalue weighted by molar-refractivity contribution is 5.95. The van der Waals surface area contributed by atoms with Gasteiger partial charge in [-0.1, -0.05) is 19.1 Å². The van der Waals surface area contributed by atoms with Crippen LogP contribution in [-0.4, -0.2) is 21.7 Å². The molecule has 0 aliphatic heterocycles. The molecular formula is C15H18FN3O. The van der Waals surface area contributed by atoms with Crippen LogP contribution in [0.15, 0.2) is 30.5 Å². The predicted octanol–water partition coefficient (Wildman–Crippen LogP) is 2.85. The van der Waals surface area contributed by atoms with Crippen LogP contribution in [0.2, 0.25) is 0 Å². The van der Waals surface area contributed by atoms with E-state index in [0.717, 1.165) is 6.42 Å². The van der Waals surface area contributed by atoms with Crippen molar-refractivity contribution < 1.29 is 9.18 Å². The second kappa shape index (κ2) is 5.86. The number of benzene rings is 1. The van der Waals surface area contributed by atoms with Crippen LogP contribution in [0.1, 0.15) is 36.3 Å². The molecule has 0 aliphatic rings. The number of aromatic nitrogens is 2. The van der Waals surface area contributed by atoms with Gasteiger partial charge < -0.3 is 5.32 Å². The second-order valence-corrected chi connectivity index (χ2v) is 4.79. The third-order valence-electron chi connectivity index (χ3n) is 3.32. The molecule has 1 N–H and O–H groups in total. The van der Waals surface area contributed by atoms with Crippen molar-refractivity contribution in [3.05, 3.63) is 47.5 Å². The highest BCUT2D eigenvalue weighted by atomic mass is 19.1. The van der Waals surface area contributed by atoms with E-state index in [-0.39, 0.29) is 17.8 Å². The lowest BCUT2D eigenvalue weighted by atomic mass is 10.2. The maximum Gasteiger partial charge on any atom is 0.254 e. The van der Waals surface area contributed by atoms with Gasteiger partial charge in [-0.2, -0.15) is 5.10 Å². The summed E-state index contributed by atoms with van der Waals surface area (Å²) in [4.78, 5) is 12.1. The average molecular weight is 275 g/mol. The third-order valence-corrected chi connectivity index (χ3v) is 3.32. The smallest absolute Gasteiger partial charge is 0.254 e. The predicted molar refractivity (Wildman–Crippen MR) is 75.5 cm³/mol. The normalized spacial score (nSPS) is 12.2. The van der Waals surface area contributed by atoms with E-state index in [4.69, 9.17) is 0 Å². The maximum atomic E-state index is 13.8. The summed E-state index contributed by atoms with van der Waals surface area (Å²) in [5.74, 6) is -0.549. The summed E-state index contributed by atoms with van der Waals surface area (Å²) < 4.78 is 15.2. The standard InChI is InChI=1S/C15H18FN3O/c1-4-10(2)18-15(20)12-9-17-19(11(12)3)14-8-6-5-7-13(14)16/h5-10H,4H2,1-3H3,(H,18,20). The zero-order valence-electron chi connectivity index (χ0n) is 11.9. The van der Waals surface area contributed by atoms with Crippen molar-refractivity contribution in [2.24, 2.45) is 0 Å². The summed E-state index contributed by atoms with van der Waals surface area (Å²) in [6.45, 7) is 5.69. The van der Waals surface area contributed by atoms with Crippen LogP contribution >= 0.6 is 0 Å². The second-order valence-electron chi connectivity index (χ2n) is 4.79. The molecule has 0 aliphatic carbocycles. The van der Waals surface area contributed by atoms with E-state index in [2.05, 4.69) is 10.4 Å². The van der Waals surface area contributed by atoms with Gasteiger partial charge in [-0.3, -0.25) is 4.79 Å². The number of nitrogens with zero attached hydrogens (tertiary/aromatic N) is 2. The molecule has 0 saturated carbocycles. The molecule has 1 aromatic carbocycles. The molecule has 1 amide bonds. The Balaban J connectivity index is 2.32. The summed E-state index contributed by atoms with van der Waals surface area (Å²) in [7, 11) is 0. The first-order valence-electron chi connectivity index (χ1n) is 6.65. The number of amides is 1. The Morgan fingerprint density at radius 1 is 1.45 bits per heavy atom. The van der Waals surface area contributed by atoms with Crippen LogP contribution in [0.5, 0.6) is 0 Å². The Hall–Kier alpha value is -2.17. The molecule has 106 valence electrons. The van der Waals surface area contributed by atoms with Crippen molar-refractivity contribution in [1.82, 2.24) is 15.1 Å². The summed E-state index contributed by atoms with van der Waals surface area (Å²) >= 11 is 0. The Kier molecular flexibility index (Phi) is 4.17. The molecule has 0 fully saturated rings. The monoisotopic (exact) mass is 275 g/mol. The fraction of sp³-hybridized carbons (Fsp3) is 0.333. The molecule has 1 heterocycles. The van der Waals surface area contributed by atoms with Crippen molar-refractivity contribution in [3.63, 3.8) is 0 Å². The summed E-state index contributed by atoms with van der Waals surface area (Å²) in [5, 5.41) is 7.00. The highest BCUT2D eigenvalue weighted by Gasteiger charge is 2.17. The van der Waals surface area contributed by atoms with Crippen molar-refractivity contribution in [1.29, 1.82) is 0 Å². The number of para-hydroxylation sites is 1. The molecule has 0 bridgehead atoms. The minimum absolute atomic E-state index is 0.0960. The van der Waals surface area contributed by atoms with Crippen molar-refractivity contribution in [2.75, 3.05) is 0 Å². The molecule has 1 atom stereocenters. The topological polar surface area (TPSA) is 46.9 Å². The Morgan fingerprint density at radius 3 is 2.80 bits per heavy atom. The Bertz CT molecular complexity index is 621. The van der Waals surface area contributed by atoms with E-state index in [9.17, 15) is 9.18 Å². The quantitative estimate of drug-likeness (QED) is 0.932. The molecule has 2 rings (SSSR count). The first kappa shape index (κ1) is 14.2. The minimum atomic E-state index is -0.368.